The van der Waals surface area contributed by atoms with E-state index in [4.69, 9.17) is 4.74 Å². The van der Waals surface area contributed by atoms with Crippen LogP contribution in [0.15, 0.2) is 12.3 Å². The Hall–Kier alpha value is -1.05. The van der Waals surface area contributed by atoms with Crippen LogP contribution in [0.2, 0.25) is 0 Å². The molecule has 0 bridgehead atoms. The Morgan fingerprint density at radius 1 is 1.47 bits per heavy atom. The van der Waals surface area contributed by atoms with Gasteiger partial charge in [0.2, 0.25) is 5.88 Å². The van der Waals surface area contributed by atoms with Gasteiger partial charge in [0.1, 0.15) is 6.10 Å². The topological polar surface area (TPSA) is 22.1 Å². The molecule has 2 nitrogen and oxygen atoms in total. The standard InChI is InChI=1S/C13H19NO/c1-3-5-11-8-10(2)13(14-9-11)15-12-6-4-7-12/h8-9,12H,3-7H2,1-2H3. The average molecular weight is 205 g/mol. The van der Waals surface area contributed by atoms with Crippen molar-refractivity contribution in [3.63, 3.8) is 0 Å². The molecule has 0 saturated heterocycles. The van der Waals surface area contributed by atoms with Gasteiger partial charge in [-0.25, -0.2) is 4.98 Å². The predicted molar refractivity (Wildman–Crippen MR) is 61.2 cm³/mol. The lowest BCUT2D eigenvalue weighted by Crippen LogP contribution is -2.25. The second kappa shape index (κ2) is 4.65. The molecule has 0 aliphatic heterocycles. The molecule has 82 valence electrons. The van der Waals surface area contributed by atoms with Crippen molar-refractivity contribution in [3.8, 4) is 5.88 Å². The van der Waals surface area contributed by atoms with Crippen molar-refractivity contribution in [2.24, 2.45) is 0 Å². The van der Waals surface area contributed by atoms with E-state index in [1.54, 1.807) is 0 Å². The van der Waals surface area contributed by atoms with Crippen molar-refractivity contribution in [2.45, 2.75) is 52.1 Å². The van der Waals surface area contributed by atoms with Crippen molar-refractivity contribution in [1.82, 2.24) is 4.98 Å². The maximum atomic E-state index is 5.80. The molecule has 2 rings (SSSR count). The highest BCUT2D eigenvalue weighted by molar-refractivity contribution is 5.28. The summed E-state index contributed by atoms with van der Waals surface area (Å²) in [6.45, 7) is 4.27. The molecule has 1 aliphatic carbocycles. The van der Waals surface area contributed by atoms with Gasteiger partial charge in [0.05, 0.1) is 0 Å². The Morgan fingerprint density at radius 3 is 2.80 bits per heavy atom. The highest BCUT2D eigenvalue weighted by Crippen LogP contribution is 2.26. The second-order valence-corrected chi connectivity index (χ2v) is 4.39. The SMILES string of the molecule is CCCc1cnc(OC2CCC2)c(C)c1. The molecule has 1 aliphatic rings. The normalized spacial score (nSPS) is 16.1. The summed E-state index contributed by atoms with van der Waals surface area (Å²) >= 11 is 0. The van der Waals surface area contributed by atoms with Crippen LogP contribution in [-0.2, 0) is 6.42 Å². The van der Waals surface area contributed by atoms with Gasteiger partial charge in [-0.2, -0.15) is 0 Å². The number of aromatic nitrogens is 1. The molecule has 1 fully saturated rings. The Morgan fingerprint density at radius 2 is 2.27 bits per heavy atom. The zero-order valence-corrected chi connectivity index (χ0v) is 9.62. The molecule has 0 N–H and O–H groups in total. The molecule has 1 aromatic rings. The summed E-state index contributed by atoms with van der Waals surface area (Å²) in [5.41, 5.74) is 2.49. The van der Waals surface area contributed by atoms with Gasteiger partial charge in [-0.3, -0.25) is 0 Å². The first-order valence-corrected chi connectivity index (χ1v) is 5.91. The van der Waals surface area contributed by atoms with Crippen LogP contribution in [0.25, 0.3) is 0 Å². The van der Waals surface area contributed by atoms with Crippen molar-refractivity contribution in [3.05, 3.63) is 23.4 Å². The van der Waals surface area contributed by atoms with Crippen molar-refractivity contribution in [1.29, 1.82) is 0 Å². The van der Waals surface area contributed by atoms with Crippen LogP contribution in [0.4, 0.5) is 0 Å². The Labute approximate surface area is 91.7 Å². The van der Waals surface area contributed by atoms with Crippen molar-refractivity contribution in [2.75, 3.05) is 0 Å². The fourth-order valence-corrected chi connectivity index (χ4v) is 1.82. The van der Waals surface area contributed by atoms with Gasteiger partial charge in [-0.1, -0.05) is 13.3 Å². The molecule has 0 unspecified atom stereocenters. The molecule has 15 heavy (non-hydrogen) atoms. The van der Waals surface area contributed by atoms with Crippen molar-refractivity contribution < 1.29 is 4.74 Å². The fraction of sp³-hybridized carbons (Fsp3) is 0.615. The van der Waals surface area contributed by atoms with Crippen LogP contribution in [-0.4, -0.2) is 11.1 Å². The van der Waals surface area contributed by atoms with E-state index in [1.165, 1.54) is 36.8 Å². The first kappa shape index (κ1) is 10.5. The van der Waals surface area contributed by atoms with E-state index < -0.39 is 0 Å². The lowest BCUT2D eigenvalue weighted by atomic mass is 9.96. The van der Waals surface area contributed by atoms with Crippen LogP contribution in [0.5, 0.6) is 5.88 Å². The van der Waals surface area contributed by atoms with Gasteiger partial charge in [0.15, 0.2) is 0 Å². The number of nitrogens with zero attached hydrogens (tertiary/aromatic N) is 1. The zero-order chi connectivity index (χ0) is 10.7. The fourth-order valence-electron chi connectivity index (χ4n) is 1.82. The third-order valence-corrected chi connectivity index (χ3v) is 2.96. The minimum absolute atomic E-state index is 0.424. The number of aryl methyl sites for hydroxylation is 2. The van der Waals surface area contributed by atoms with Crippen LogP contribution in [0.1, 0.15) is 43.7 Å². The van der Waals surface area contributed by atoms with Gasteiger partial charge in [0, 0.05) is 11.8 Å². The molecule has 0 aromatic carbocycles. The van der Waals surface area contributed by atoms with Gasteiger partial charge < -0.3 is 4.74 Å². The Balaban J connectivity index is 2.04. The van der Waals surface area contributed by atoms with E-state index in [-0.39, 0.29) is 0 Å². The van der Waals surface area contributed by atoms with Gasteiger partial charge in [-0.05, 0) is 44.2 Å². The Kier molecular flexibility index (Phi) is 3.24. The van der Waals surface area contributed by atoms with E-state index in [9.17, 15) is 0 Å². The van der Waals surface area contributed by atoms with E-state index in [0.29, 0.717) is 6.10 Å². The molecule has 2 heteroatoms. The third-order valence-electron chi connectivity index (χ3n) is 2.96. The third kappa shape index (κ3) is 2.49. The summed E-state index contributed by atoms with van der Waals surface area (Å²) in [6, 6.07) is 2.20. The molecule has 0 atom stereocenters. The van der Waals surface area contributed by atoms with Crippen LogP contribution < -0.4 is 4.74 Å². The van der Waals surface area contributed by atoms with Gasteiger partial charge in [-0.15, -0.1) is 0 Å². The number of rotatable bonds is 4. The maximum Gasteiger partial charge on any atom is 0.216 e. The lowest BCUT2D eigenvalue weighted by molar-refractivity contribution is 0.113. The molecule has 0 radical (unpaired) electrons. The first-order chi connectivity index (χ1) is 7.29. The highest BCUT2D eigenvalue weighted by Gasteiger charge is 2.20. The molecular weight excluding hydrogens is 186 g/mol. The summed E-state index contributed by atoms with van der Waals surface area (Å²) in [5, 5.41) is 0. The summed E-state index contributed by atoms with van der Waals surface area (Å²) in [6.07, 6.45) is 8.34. The monoisotopic (exact) mass is 205 g/mol. The quantitative estimate of drug-likeness (QED) is 0.752. The van der Waals surface area contributed by atoms with Crippen LogP contribution in [0.3, 0.4) is 0 Å². The Bertz CT molecular complexity index is 331. The summed E-state index contributed by atoms with van der Waals surface area (Å²) in [7, 11) is 0. The molecule has 1 aromatic heterocycles. The first-order valence-electron chi connectivity index (χ1n) is 5.91. The number of pyridine rings is 1. The lowest BCUT2D eigenvalue weighted by Gasteiger charge is -2.26. The smallest absolute Gasteiger partial charge is 0.216 e. The summed E-state index contributed by atoms with van der Waals surface area (Å²) in [5.74, 6) is 0.833. The van der Waals surface area contributed by atoms with Gasteiger partial charge in [0.25, 0.3) is 0 Å². The predicted octanol–water partition coefficient (Wildman–Crippen LogP) is 3.27. The van der Waals surface area contributed by atoms with E-state index in [0.717, 1.165) is 12.3 Å². The number of hydrogen-bond donors (Lipinski definition) is 0. The minimum Gasteiger partial charge on any atom is -0.474 e. The van der Waals surface area contributed by atoms with Crippen molar-refractivity contribution >= 4 is 0 Å². The van der Waals surface area contributed by atoms with E-state index >= 15 is 0 Å². The minimum atomic E-state index is 0.424. The largest absolute Gasteiger partial charge is 0.474 e. The second-order valence-electron chi connectivity index (χ2n) is 4.39. The zero-order valence-electron chi connectivity index (χ0n) is 9.62. The molecular formula is C13H19NO. The molecule has 1 heterocycles. The van der Waals surface area contributed by atoms with Gasteiger partial charge >= 0.3 is 0 Å². The average Bonchev–Trinajstić information content (AvgIpc) is 2.14. The maximum absolute atomic E-state index is 5.80. The van der Waals surface area contributed by atoms with E-state index in [1.807, 2.05) is 6.20 Å². The van der Waals surface area contributed by atoms with Crippen LogP contribution in [0, 0.1) is 6.92 Å². The molecule has 1 saturated carbocycles. The highest BCUT2D eigenvalue weighted by atomic mass is 16.5. The van der Waals surface area contributed by atoms with E-state index in [2.05, 4.69) is 24.9 Å². The summed E-state index contributed by atoms with van der Waals surface area (Å²) in [4.78, 5) is 4.40. The number of hydrogen-bond acceptors (Lipinski definition) is 2. The molecule has 0 spiro atoms. The summed E-state index contributed by atoms with van der Waals surface area (Å²) < 4.78 is 5.80. The number of ether oxygens (including phenoxy) is 1. The molecule has 0 amide bonds. The van der Waals surface area contributed by atoms with Crippen LogP contribution >= 0.6 is 0 Å².